The Bertz CT molecular complexity index is 2040. The number of hydrogen-bond donors (Lipinski definition) is 0. The first-order valence-electron chi connectivity index (χ1n) is 16.7. The molecule has 268 valence electrons. The van der Waals surface area contributed by atoms with E-state index in [0.717, 1.165) is 81.1 Å². The van der Waals surface area contributed by atoms with Gasteiger partial charge in [-0.05, 0) is 49.2 Å². The summed E-state index contributed by atoms with van der Waals surface area (Å²) in [5.41, 5.74) is 5.81. The molecule has 0 saturated heterocycles. The number of aromatic nitrogens is 3. The van der Waals surface area contributed by atoms with Crippen molar-refractivity contribution in [1.29, 1.82) is 0 Å². The number of rotatable bonds is 14. The number of ether oxygens (including phenoxy) is 6. The van der Waals surface area contributed by atoms with Gasteiger partial charge in [0.05, 0.1) is 69.8 Å². The van der Waals surface area contributed by atoms with Gasteiger partial charge in [0, 0.05) is 22.6 Å². The average Bonchev–Trinajstić information content (AvgIpc) is 3.75. The number of benzene rings is 4. The Morgan fingerprint density at radius 3 is 2.14 bits per heavy atom. The Hall–Kier alpha value is -5.00. The maximum Gasteiger partial charge on any atom is 0.515 e. The molecule has 0 bridgehead atoms. The summed E-state index contributed by atoms with van der Waals surface area (Å²) in [5.74, 6) is 3.61. The van der Waals surface area contributed by atoms with Crippen LogP contribution in [0.1, 0.15) is 44.2 Å². The summed E-state index contributed by atoms with van der Waals surface area (Å²) in [6.45, 7) is 5.00. The first kappa shape index (κ1) is 37.3. The van der Waals surface area contributed by atoms with E-state index in [1.807, 2.05) is 83.4 Å². The molecular weight excluding hydrogens is 690 g/mol. The van der Waals surface area contributed by atoms with Gasteiger partial charge in [-0.3, -0.25) is 0 Å². The van der Waals surface area contributed by atoms with Gasteiger partial charge in [-0.1, -0.05) is 62.2 Å². The smallest absolute Gasteiger partial charge is 0.496 e. The van der Waals surface area contributed by atoms with E-state index >= 15 is 0 Å². The fourth-order valence-corrected chi connectivity index (χ4v) is 6.40. The zero-order valence-corrected chi connectivity index (χ0v) is 31.0. The van der Waals surface area contributed by atoms with Crippen molar-refractivity contribution in [2.75, 3.05) is 34.5 Å². The monoisotopic (exact) mass is 731 g/mol. The molecule has 0 aliphatic heterocycles. The van der Waals surface area contributed by atoms with Crippen LogP contribution in [0.5, 0.6) is 28.9 Å². The molecule has 2 aromatic heterocycles. The third kappa shape index (κ3) is 8.84. The molecule has 12 heteroatoms. The zero-order valence-electron chi connectivity index (χ0n) is 29.4. The Balaban J connectivity index is 0.000000435. The number of para-hydroxylation sites is 2. The van der Waals surface area contributed by atoms with Gasteiger partial charge in [-0.15, -0.1) is 11.6 Å². The molecule has 0 N–H and O–H groups in total. The van der Waals surface area contributed by atoms with Crippen LogP contribution in [-0.4, -0.2) is 54.0 Å². The van der Waals surface area contributed by atoms with E-state index in [0.29, 0.717) is 42.0 Å². The van der Waals surface area contributed by atoms with Gasteiger partial charge in [-0.25, -0.2) is 4.79 Å². The predicted molar refractivity (Wildman–Crippen MR) is 202 cm³/mol. The standard InChI is InChI=1S/C31H33N3O6S.C8H9ClO/c1-5-7-10-15-39-28-18-25-22(17-27(28)37-4)29(20-13-14-23-24(16-20)33-41-32-23)30(40-31(35)38-6-2)34(25)19-21-11-8-9-12-26(21)36-3;1-10-8-5-3-2-4-7(8)6-9/h8-9,11-14,16-18H,5-7,10,15,19H2,1-4H3;2-5H,6H2,1H3. The summed E-state index contributed by atoms with van der Waals surface area (Å²) < 4.78 is 44.6. The van der Waals surface area contributed by atoms with E-state index in [-0.39, 0.29) is 6.61 Å². The minimum atomic E-state index is -0.794. The van der Waals surface area contributed by atoms with Crippen LogP contribution in [0.4, 0.5) is 4.79 Å². The number of halogens is 1. The molecule has 0 atom stereocenters. The van der Waals surface area contributed by atoms with Crippen LogP contribution in [0.3, 0.4) is 0 Å². The Labute approximate surface area is 307 Å². The highest BCUT2D eigenvalue weighted by atomic mass is 35.5. The van der Waals surface area contributed by atoms with Crippen LogP contribution >= 0.6 is 23.3 Å². The van der Waals surface area contributed by atoms with Gasteiger partial charge >= 0.3 is 6.16 Å². The van der Waals surface area contributed by atoms with Crippen LogP contribution in [0.2, 0.25) is 0 Å². The van der Waals surface area contributed by atoms with Gasteiger partial charge in [0.2, 0.25) is 5.88 Å². The number of carbonyl (C=O) groups is 1. The van der Waals surface area contributed by atoms with Crippen molar-refractivity contribution >= 4 is 51.4 Å². The van der Waals surface area contributed by atoms with E-state index in [4.69, 9.17) is 40.0 Å². The summed E-state index contributed by atoms with van der Waals surface area (Å²) in [6.07, 6.45) is 2.31. The zero-order chi connectivity index (χ0) is 36.2. The topological polar surface area (TPSA) is 103 Å². The van der Waals surface area contributed by atoms with Crippen molar-refractivity contribution in [3.05, 3.63) is 90.0 Å². The van der Waals surface area contributed by atoms with Crippen LogP contribution in [0.15, 0.2) is 78.9 Å². The van der Waals surface area contributed by atoms with E-state index in [2.05, 4.69) is 15.7 Å². The number of alkyl halides is 1. The SMILES string of the molecule is CCCCCOc1cc2c(cc1OC)c(-c1ccc3nsnc3c1)c(OC(=O)OCC)n2Cc1ccccc1OC.COc1ccccc1CCl. The molecule has 0 saturated carbocycles. The summed E-state index contributed by atoms with van der Waals surface area (Å²) >= 11 is 6.78. The fraction of sp³-hybridized carbons (Fsp3) is 0.308. The molecule has 6 rings (SSSR count). The molecule has 0 unspecified atom stereocenters. The maximum atomic E-state index is 12.8. The van der Waals surface area contributed by atoms with Crippen LogP contribution in [0.25, 0.3) is 33.1 Å². The van der Waals surface area contributed by atoms with Crippen molar-refractivity contribution in [2.45, 2.75) is 45.5 Å². The molecule has 51 heavy (non-hydrogen) atoms. The van der Waals surface area contributed by atoms with Crippen LogP contribution < -0.4 is 23.7 Å². The number of hydrogen-bond acceptors (Lipinski definition) is 10. The lowest BCUT2D eigenvalue weighted by Gasteiger charge is -2.15. The molecule has 2 heterocycles. The third-order valence-electron chi connectivity index (χ3n) is 8.15. The third-order valence-corrected chi connectivity index (χ3v) is 8.99. The summed E-state index contributed by atoms with van der Waals surface area (Å²) in [6, 6.07) is 25.2. The Kier molecular flexibility index (Phi) is 13.4. The normalized spacial score (nSPS) is 10.8. The molecule has 0 amide bonds. The van der Waals surface area contributed by atoms with Gasteiger partial charge in [0.1, 0.15) is 22.5 Å². The minimum Gasteiger partial charge on any atom is -0.496 e. The molecule has 6 aromatic rings. The molecular formula is C39H42ClN3O7S. The highest BCUT2D eigenvalue weighted by Gasteiger charge is 2.26. The van der Waals surface area contributed by atoms with Crippen molar-refractivity contribution in [3.8, 4) is 40.0 Å². The molecule has 0 aliphatic carbocycles. The number of carbonyl (C=O) groups excluding carboxylic acids is 1. The Morgan fingerprint density at radius 2 is 1.47 bits per heavy atom. The lowest BCUT2D eigenvalue weighted by Crippen LogP contribution is -2.14. The second-order valence-electron chi connectivity index (χ2n) is 11.4. The molecule has 0 spiro atoms. The molecule has 10 nitrogen and oxygen atoms in total. The van der Waals surface area contributed by atoms with Crippen LogP contribution in [-0.2, 0) is 17.2 Å². The van der Waals surface area contributed by atoms with Gasteiger partial charge in [0.15, 0.2) is 11.5 Å². The predicted octanol–water partition coefficient (Wildman–Crippen LogP) is 9.92. The van der Waals surface area contributed by atoms with E-state index in [9.17, 15) is 4.79 Å². The van der Waals surface area contributed by atoms with Gasteiger partial charge in [0.25, 0.3) is 0 Å². The summed E-state index contributed by atoms with van der Waals surface area (Å²) in [4.78, 5) is 12.8. The lowest BCUT2D eigenvalue weighted by atomic mass is 10.0. The van der Waals surface area contributed by atoms with E-state index < -0.39 is 6.16 Å². The number of fused-ring (bicyclic) bond motifs is 2. The second kappa shape index (κ2) is 18.3. The quantitative estimate of drug-likeness (QED) is 0.0615. The van der Waals surface area contributed by atoms with Crippen molar-refractivity contribution < 1.29 is 33.2 Å². The second-order valence-corrected chi connectivity index (χ2v) is 12.1. The van der Waals surface area contributed by atoms with Gasteiger partial charge < -0.3 is 33.0 Å². The fourth-order valence-electron chi connectivity index (χ4n) is 5.66. The summed E-state index contributed by atoms with van der Waals surface area (Å²) in [5, 5.41) is 0.819. The van der Waals surface area contributed by atoms with Crippen molar-refractivity contribution in [2.24, 2.45) is 0 Å². The van der Waals surface area contributed by atoms with E-state index in [1.54, 1.807) is 28.3 Å². The number of nitrogens with zero attached hydrogens (tertiary/aromatic N) is 3. The van der Waals surface area contributed by atoms with E-state index in [1.165, 1.54) is 0 Å². The molecule has 4 aromatic carbocycles. The van der Waals surface area contributed by atoms with Crippen LogP contribution in [0, 0.1) is 0 Å². The molecule has 0 fully saturated rings. The number of unbranched alkanes of at least 4 members (excludes halogenated alkanes) is 2. The largest absolute Gasteiger partial charge is 0.515 e. The highest BCUT2D eigenvalue weighted by Crippen LogP contribution is 2.46. The first-order chi connectivity index (χ1) is 25.0. The average molecular weight is 732 g/mol. The highest BCUT2D eigenvalue weighted by molar-refractivity contribution is 7.00. The van der Waals surface area contributed by atoms with Crippen molar-refractivity contribution in [3.63, 3.8) is 0 Å². The lowest BCUT2D eigenvalue weighted by molar-refractivity contribution is 0.101. The molecule has 0 aliphatic rings. The molecule has 0 radical (unpaired) electrons. The van der Waals surface area contributed by atoms with Gasteiger partial charge in [-0.2, -0.15) is 8.75 Å². The first-order valence-corrected chi connectivity index (χ1v) is 18.0. The Morgan fingerprint density at radius 1 is 0.784 bits per heavy atom. The number of methoxy groups -OCH3 is 3. The maximum absolute atomic E-state index is 12.8. The van der Waals surface area contributed by atoms with Crippen molar-refractivity contribution in [1.82, 2.24) is 13.3 Å². The minimum absolute atomic E-state index is 0.181. The summed E-state index contributed by atoms with van der Waals surface area (Å²) in [7, 11) is 4.90.